The molecule has 0 saturated carbocycles. The maximum absolute atomic E-state index is 12.3. The zero-order chi connectivity index (χ0) is 15.9. The zero-order valence-electron chi connectivity index (χ0n) is 12.8. The Balaban J connectivity index is 4.79. The van der Waals surface area contributed by atoms with Crippen molar-refractivity contribution >= 4 is 17.9 Å². The quantitative estimate of drug-likeness (QED) is 0.717. The summed E-state index contributed by atoms with van der Waals surface area (Å²) >= 11 is 0. The Morgan fingerprint density at radius 1 is 1.25 bits per heavy atom. The molecule has 0 aromatic heterocycles. The van der Waals surface area contributed by atoms with Crippen LogP contribution < -0.4 is 5.32 Å². The zero-order valence-corrected chi connectivity index (χ0v) is 12.8. The second-order valence-corrected chi connectivity index (χ2v) is 4.96. The van der Waals surface area contributed by atoms with Gasteiger partial charge in [0.05, 0.1) is 5.92 Å². The van der Waals surface area contributed by atoms with Crippen molar-refractivity contribution in [1.82, 2.24) is 15.1 Å². The van der Waals surface area contributed by atoms with Crippen LogP contribution in [0.2, 0.25) is 0 Å². The van der Waals surface area contributed by atoms with Gasteiger partial charge < -0.3 is 20.2 Å². The van der Waals surface area contributed by atoms with Crippen LogP contribution >= 0.6 is 0 Å². The van der Waals surface area contributed by atoms with Crippen molar-refractivity contribution < 1.29 is 19.5 Å². The Hall–Kier alpha value is -1.79. The van der Waals surface area contributed by atoms with Gasteiger partial charge in [-0.2, -0.15) is 0 Å². The van der Waals surface area contributed by atoms with E-state index in [1.165, 1.54) is 16.8 Å². The topological polar surface area (TPSA) is 90.0 Å². The molecule has 0 heterocycles. The van der Waals surface area contributed by atoms with Crippen LogP contribution in [-0.2, 0) is 9.59 Å². The van der Waals surface area contributed by atoms with Crippen molar-refractivity contribution in [2.75, 3.05) is 27.2 Å². The van der Waals surface area contributed by atoms with E-state index in [0.29, 0.717) is 6.42 Å². The Labute approximate surface area is 119 Å². The van der Waals surface area contributed by atoms with Gasteiger partial charge in [-0.25, -0.2) is 4.79 Å². The molecular formula is C13H25N3O4. The van der Waals surface area contributed by atoms with Gasteiger partial charge >= 0.3 is 12.0 Å². The summed E-state index contributed by atoms with van der Waals surface area (Å²) in [5.41, 5.74) is 0. The van der Waals surface area contributed by atoms with Crippen molar-refractivity contribution in [1.29, 1.82) is 0 Å². The second kappa shape index (κ2) is 8.39. The average molecular weight is 287 g/mol. The van der Waals surface area contributed by atoms with E-state index in [-0.39, 0.29) is 37.0 Å². The van der Waals surface area contributed by atoms with Gasteiger partial charge in [0, 0.05) is 26.7 Å². The summed E-state index contributed by atoms with van der Waals surface area (Å²) in [6, 6.07) is -0.547. The Morgan fingerprint density at radius 3 is 2.20 bits per heavy atom. The summed E-state index contributed by atoms with van der Waals surface area (Å²) in [7, 11) is 3.11. The SMILES string of the molecule is CCC(C)N(CC(=O)O)C(=O)N(C)CC(C)C(=O)NC. The van der Waals surface area contributed by atoms with Gasteiger partial charge in [0.2, 0.25) is 5.91 Å². The third-order valence-corrected chi connectivity index (χ3v) is 3.24. The molecule has 0 radical (unpaired) electrons. The van der Waals surface area contributed by atoms with Crippen LogP contribution in [0.15, 0.2) is 0 Å². The Kier molecular flexibility index (Phi) is 7.64. The summed E-state index contributed by atoms with van der Waals surface area (Å²) in [6.07, 6.45) is 0.665. The molecule has 0 aliphatic carbocycles. The smallest absolute Gasteiger partial charge is 0.323 e. The normalized spacial score (nSPS) is 13.2. The number of hydrogen-bond acceptors (Lipinski definition) is 3. The van der Waals surface area contributed by atoms with Crippen molar-refractivity contribution in [3.63, 3.8) is 0 Å². The third-order valence-electron chi connectivity index (χ3n) is 3.24. The van der Waals surface area contributed by atoms with Crippen LogP contribution in [0.1, 0.15) is 27.2 Å². The minimum absolute atomic E-state index is 0.155. The first-order valence-electron chi connectivity index (χ1n) is 6.69. The maximum atomic E-state index is 12.3. The Morgan fingerprint density at radius 2 is 1.80 bits per heavy atom. The molecule has 7 heteroatoms. The molecule has 0 aromatic carbocycles. The number of aliphatic carboxylic acids is 1. The van der Waals surface area contributed by atoms with Crippen molar-refractivity contribution in [3.8, 4) is 0 Å². The molecule has 0 aliphatic heterocycles. The fourth-order valence-electron chi connectivity index (χ4n) is 1.82. The third kappa shape index (κ3) is 5.46. The first-order valence-corrected chi connectivity index (χ1v) is 6.69. The average Bonchev–Trinajstić information content (AvgIpc) is 2.41. The summed E-state index contributed by atoms with van der Waals surface area (Å²) < 4.78 is 0. The first kappa shape index (κ1) is 18.2. The van der Waals surface area contributed by atoms with Gasteiger partial charge in [-0.15, -0.1) is 0 Å². The number of nitrogens with one attached hydrogen (secondary N) is 1. The van der Waals surface area contributed by atoms with Gasteiger partial charge in [-0.05, 0) is 13.3 Å². The number of carboxylic acids is 1. The van der Waals surface area contributed by atoms with E-state index in [1.807, 2.05) is 6.92 Å². The molecule has 0 fully saturated rings. The predicted octanol–water partition coefficient (Wildman–Crippen LogP) is 0.605. The van der Waals surface area contributed by atoms with Crippen LogP contribution in [0.4, 0.5) is 4.79 Å². The summed E-state index contributed by atoms with van der Waals surface area (Å²) in [4.78, 5) is 37.3. The van der Waals surface area contributed by atoms with Crippen LogP contribution in [0.3, 0.4) is 0 Å². The standard InChI is InChI=1S/C13H25N3O4/c1-6-10(3)16(8-11(17)18)13(20)15(5)7-9(2)12(19)14-4/h9-10H,6-8H2,1-5H3,(H,14,19)(H,17,18). The molecule has 2 N–H and O–H groups in total. The molecule has 0 aliphatic rings. The monoisotopic (exact) mass is 287 g/mol. The lowest BCUT2D eigenvalue weighted by atomic mass is 10.1. The van der Waals surface area contributed by atoms with E-state index in [0.717, 1.165) is 0 Å². The summed E-state index contributed by atoms with van der Waals surface area (Å²) in [5.74, 6) is -1.55. The lowest BCUT2D eigenvalue weighted by molar-refractivity contribution is -0.138. The number of amides is 3. The number of carbonyl (C=O) groups excluding carboxylic acids is 2. The van der Waals surface area contributed by atoms with Crippen LogP contribution in [-0.4, -0.2) is 66.0 Å². The van der Waals surface area contributed by atoms with Gasteiger partial charge in [-0.1, -0.05) is 13.8 Å². The van der Waals surface area contributed by atoms with Crippen molar-refractivity contribution in [3.05, 3.63) is 0 Å². The molecule has 7 nitrogen and oxygen atoms in total. The molecule has 2 atom stereocenters. The van der Waals surface area contributed by atoms with E-state index >= 15 is 0 Å². The molecule has 0 aromatic rings. The van der Waals surface area contributed by atoms with E-state index < -0.39 is 5.97 Å². The number of rotatable bonds is 7. The van der Waals surface area contributed by atoms with E-state index in [2.05, 4.69) is 5.32 Å². The van der Waals surface area contributed by atoms with Gasteiger partial charge in [0.1, 0.15) is 6.54 Å². The largest absolute Gasteiger partial charge is 0.480 e. The van der Waals surface area contributed by atoms with Crippen molar-refractivity contribution in [2.24, 2.45) is 5.92 Å². The van der Waals surface area contributed by atoms with E-state index in [9.17, 15) is 14.4 Å². The molecule has 3 amide bonds. The molecule has 0 bridgehead atoms. The summed E-state index contributed by atoms with van der Waals surface area (Å²) in [6.45, 7) is 5.31. The molecule has 0 saturated heterocycles. The van der Waals surface area contributed by atoms with E-state index in [1.54, 1.807) is 20.9 Å². The highest BCUT2D eigenvalue weighted by molar-refractivity contribution is 5.82. The lowest BCUT2D eigenvalue weighted by Crippen LogP contribution is -2.49. The maximum Gasteiger partial charge on any atom is 0.323 e. The van der Waals surface area contributed by atoms with Crippen LogP contribution in [0.5, 0.6) is 0 Å². The van der Waals surface area contributed by atoms with Gasteiger partial charge in [-0.3, -0.25) is 9.59 Å². The lowest BCUT2D eigenvalue weighted by Gasteiger charge is -2.32. The molecule has 0 rings (SSSR count). The minimum atomic E-state index is -1.05. The number of nitrogens with zero attached hydrogens (tertiary/aromatic N) is 2. The number of carboxylic acid groups (broad SMARTS) is 1. The Bertz CT molecular complexity index is 360. The number of hydrogen-bond donors (Lipinski definition) is 2. The first-order chi connectivity index (χ1) is 9.24. The highest BCUT2D eigenvalue weighted by atomic mass is 16.4. The van der Waals surface area contributed by atoms with Crippen LogP contribution in [0, 0.1) is 5.92 Å². The fraction of sp³-hybridized carbons (Fsp3) is 0.769. The molecule has 0 spiro atoms. The van der Waals surface area contributed by atoms with Gasteiger partial charge in [0.15, 0.2) is 0 Å². The minimum Gasteiger partial charge on any atom is -0.480 e. The van der Waals surface area contributed by atoms with Crippen molar-refractivity contribution in [2.45, 2.75) is 33.2 Å². The van der Waals surface area contributed by atoms with Crippen LogP contribution in [0.25, 0.3) is 0 Å². The van der Waals surface area contributed by atoms with Gasteiger partial charge in [0.25, 0.3) is 0 Å². The molecule has 20 heavy (non-hydrogen) atoms. The molecule has 2 unspecified atom stereocenters. The number of urea groups is 1. The number of carbonyl (C=O) groups is 3. The fourth-order valence-corrected chi connectivity index (χ4v) is 1.82. The highest BCUT2D eigenvalue weighted by Crippen LogP contribution is 2.09. The summed E-state index contributed by atoms with van der Waals surface area (Å²) in [5, 5.41) is 11.4. The molecular weight excluding hydrogens is 262 g/mol. The molecule has 116 valence electrons. The predicted molar refractivity (Wildman–Crippen MR) is 75.4 cm³/mol. The second-order valence-electron chi connectivity index (χ2n) is 4.96. The van der Waals surface area contributed by atoms with E-state index in [4.69, 9.17) is 5.11 Å². The highest BCUT2D eigenvalue weighted by Gasteiger charge is 2.26.